The zero-order valence-corrected chi connectivity index (χ0v) is 48.2. The van der Waals surface area contributed by atoms with Gasteiger partial charge in [-0.3, -0.25) is 19.9 Å². The van der Waals surface area contributed by atoms with E-state index in [9.17, 15) is 0 Å². The Bertz CT molecular complexity index is 5050. The summed E-state index contributed by atoms with van der Waals surface area (Å²) in [6, 6.07) is 79.7. The van der Waals surface area contributed by atoms with Crippen molar-refractivity contribution in [2.24, 2.45) is 0 Å². The number of alkyl halides is 3. The third-order valence-electron chi connectivity index (χ3n) is 17.7. The molecule has 17 rings (SSSR count). The molecule has 0 bridgehead atoms. The van der Waals surface area contributed by atoms with Crippen molar-refractivity contribution in [3.05, 3.63) is 279 Å². The molecule has 11 heteroatoms. The summed E-state index contributed by atoms with van der Waals surface area (Å²) in [5.74, 6) is -0.456. The smallest absolute Gasteiger partial charge is 0.307 e. The molecule has 0 atom stereocenters. The molecular formula is C78H51F3N8. The number of halogens is 3. The zero-order valence-electron chi connectivity index (χ0n) is 48.2. The van der Waals surface area contributed by atoms with Gasteiger partial charge < -0.3 is 18.3 Å². The quantitative estimate of drug-likeness (QED) is 0.144. The van der Waals surface area contributed by atoms with E-state index >= 15 is 13.2 Å². The van der Waals surface area contributed by atoms with Gasteiger partial charge in [0.15, 0.2) is 0 Å². The van der Waals surface area contributed by atoms with Crippen molar-refractivity contribution in [3.8, 4) is 67.8 Å². The van der Waals surface area contributed by atoms with Crippen LogP contribution in [0.4, 0.5) is 13.2 Å². The van der Waals surface area contributed by atoms with Gasteiger partial charge in [-0.05, 0) is 127 Å². The summed E-state index contributed by atoms with van der Waals surface area (Å²) in [5.41, 5.74) is 12.6. The van der Waals surface area contributed by atoms with Gasteiger partial charge in [-0.1, -0.05) is 135 Å². The average Bonchev–Trinajstić information content (AvgIpc) is 1.68. The Labute approximate surface area is 508 Å². The Morgan fingerprint density at radius 2 is 0.528 bits per heavy atom. The first kappa shape index (κ1) is 51.9. The fourth-order valence-electron chi connectivity index (χ4n) is 14.0. The number of hydrogen-bond donors (Lipinski definition) is 0. The molecule has 89 heavy (non-hydrogen) atoms. The van der Waals surface area contributed by atoms with Crippen LogP contribution in [-0.4, -0.2) is 38.2 Å². The molecule has 0 aliphatic heterocycles. The number of hydrogen-bond acceptors (Lipinski definition) is 4. The molecule has 0 aliphatic rings. The van der Waals surface area contributed by atoms with E-state index in [1.807, 2.05) is 203 Å². The van der Waals surface area contributed by atoms with Crippen LogP contribution in [0.3, 0.4) is 0 Å². The predicted molar refractivity (Wildman–Crippen MR) is 356 cm³/mol. The van der Waals surface area contributed by atoms with Crippen LogP contribution in [0.2, 0.25) is 0 Å². The van der Waals surface area contributed by atoms with E-state index < -0.39 is 17.7 Å². The second kappa shape index (κ2) is 20.1. The summed E-state index contributed by atoms with van der Waals surface area (Å²) in [6.45, 7) is 4.25. The lowest BCUT2D eigenvalue weighted by atomic mass is 9.91. The average molecular weight is 1160 g/mol. The molecule has 0 aliphatic carbocycles. The standard InChI is InChI=1S/C78H51F3N8/c1-47(2)72-74(86-68-35-31-48(60-23-11-15-39-82-60)43-56(68)57-44-49(32-36-69(57)86)61-24-12-16-40-83-61)76(88-64-27-7-3-19-52(64)53-20-4-8-28-65(53)88)73(78(79,80)81)77(89-66-29-9-5-21-54(66)55-22-6-10-30-67(55)89)75(72)87-70-37-33-50(62-25-13-17-41-84-62)45-58(70)59-46-51(34-38-71(59)87)63-26-14-18-42-85-63/h3-47H,1-2H3. The Morgan fingerprint density at radius 1 is 0.281 bits per heavy atom. The highest BCUT2D eigenvalue weighted by molar-refractivity contribution is 6.17. The van der Waals surface area contributed by atoms with Gasteiger partial charge in [0.1, 0.15) is 5.56 Å². The van der Waals surface area contributed by atoms with Crippen LogP contribution in [0.25, 0.3) is 155 Å². The fourth-order valence-corrected chi connectivity index (χ4v) is 14.0. The topological polar surface area (TPSA) is 71.3 Å². The van der Waals surface area contributed by atoms with Crippen LogP contribution >= 0.6 is 0 Å². The summed E-state index contributed by atoms with van der Waals surface area (Å²) in [7, 11) is 0. The van der Waals surface area contributed by atoms with Gasteiger partial charge in [0.05, 0.1) is 89.7 Å². The van der Waals surface area contributed by atoms with Crippen molar-refractivity contribution in [2.45, 2.75) is 25.9 Å². The molecular weight excluding hydrogens is 1110 g/mol. The summed E-state index contributed by atoms with van der Waals surface area (Å²) in [5, 5.41) is 6.66. The van der Waals surface area contributed by atoms with E-state index in [-0.39, 0.29) is 11.4 Å². The van der Waals surface area contributed by atoms with Crippen molar-refractivity contribution in [1.82, 2.24) is 38.2 Å². The first-order chi connectivity index (χ1) is 43.7. The maximum absolute atomic E-state index is 18.8. The molecule has 17 aromatic rings. The molecule has 8 nitrogen and oxygen atoms in total. The molecule has 0 unspecified atom stereocenters. The maximum atomic E-state index is 18.8. The zero-order chi connectivity index (χ0) is 59.6. The van der Waals surface area contributed by atoms with Crippen LogP contribution in [-0.2, 0) is 6.18 Å². The van der Waals surface area contributed by atoms with E-state index in [4.69, 9.17) is 19.9 Å². The number of rotatable bonds is 9. The highest BCUT2D eigenvalue weighted by Crippen LogP contribution is 2.55. The van der Waals surface area contributed by atoms with Crippen molar-refractivity contribution in [3.63, 3.8) is 0 Å². The molecule has 8 heterocycles. The number of pyridine rings is 4. The molecule has 0 fully saturated rings. The summed E-state index contributed by atoms with van der Waals surface area (Å²) >= 11 is 0. The van der Waals surface area contributed by atoms with Crippen molar-refractivity contribution >= 4 is 87.2 Å². The molecule has 0 spiro atoms. The molecule has 0 N–H and O–H groups in total. The Morgan fingerprint density at radius 3 is 0.775 bits per heavy atom. The lowest BCUT2D eigenvalue weighted by molar-refractivity contribution is -0.137. The lowest BCUT2D eigenvalue weighted by Gasteiger charge is -2.32. The van der Waals surface area contributed by atoms with E-state index in [1.54, 1.807) is 24.8 Å². The molecule has 0 amide bonds. The van der Waals surface area contributed by atoms with Gasteiger partial charge >= 0.3 is 6.18 Å². The Kier molecular flexibility index (Phi) is 11.7. The molecule has 0 saturated heterocycles. The molecule has 9 aromatic carbocycles. The minimum Gasteiger partial charge on any atom is -0.307 e. The van der Waals surface area contributed by atoms with Crippen LogP contribution in [0.5, 0.6) is 0 Å². The van der Waals surface area contributed by atoms with E-state index in [0.717, 1.165) is 88.1 Å². The summed E-state index contributed by atoms with van der Waals surface area (Å²) < 4.78 is 64.5. The third-order valence-corrected chi connectivity index (χ3v) is 17.7. The first-order valence-electron chi connectivity index (χ1n) is 29.8. The van der Waals surface area contributed by atoms with Crippen LogP contribution in [0.1, 0.15) is 30.9 Å². The largest absolute Gasteiger partial charge is 0.420 e. The summed E-state index contributed by atoms with van der Waals surface area (Å²) in [6.07, 6.45) is 2.07. The normalized spacial score (nSPS) is 12.2. The maximum Gasteiger partial charge on any atom is 0.420 e. The third kappa shape index (κ3) is 8.01. The van der Waals surface area contributed by atoms with E-state index in [0.29, 0.717) is 61.1 Å². The number of para-hydroxylation sites is 4. The minimum atomic E-state index is -5.04. The number of nitrogens with zero attached hydrogens (tertiary/aromatic N) is 8. The van der Waals surface area contributed by atoms with Gasteiger partial charge in [0.25, 0.3) is 0 Å². The highest BCUT2D eigenvalue weighted by Gasteiger charge is 2.45. The van der Waals surface area contributed by atoms with Crippen molar-refractivity contribution in [1.29, 1.82) is 0 Å². The van der Waals surface area contributed by atoms with Crippen LogP contribution < -0.4 is 0 Å². The fraction of sp³-hybridized carbons (Fsp3) is 0.0513. The van der Waals surface area contributed by atoms with Gasteiger partial charge in [0, 0.05) is 95.7 Å². The SMILES string of the molecule is CC(C)c1c(-n2c3ccc(-c4ccccn4)cc3c3cc(-c4ccccn4)ccc32)c(-n2c3ccccc3c3ccccc32)c(C(F)(F)F)c(-n2c3ccccc3c3ccccc32)c1-n1c2ccc(-c3ccccn3)cc2c2cc(-c3ccccn3)ccc21. The first-order valence-corrected chi connectivity index (χ1v) is 29.8. The van der Waals surface area contributed by atoms with Gasteiger partial charge in [-0.25, -0.2) is 0 Å². The van der Waals surface area contributed by atoms with Gasteiger partial charge in [0.2, 0.25) is 0 Å². The Balaban J connectivity index is 1.16. The van der Waals surface area contributed by atoms with E-state index in [1.165, 1.54) is 0 Å². The molecule has 8 aromatic heterocycles. The molecule has 424 valence electrons. The van der Waals surface area contributed by atoms with Gasteiger partial charge in [-0.15, -0.1) is 0 Å². The second-order valence-electron chi connectivity index (χ2n) is 23.0. The highest BCUT2D eigenvalue weighted by atomic mass is 19.4. The molecule has 0 saturated carbocycles. The summed E-state index contributed by atoms with van der Waals surface area (Å²) in [4.78, 5) is 19.2. The van der Waals surface area contributed by atoms with Crippen molar-refractivity contribution < 1.29 is 13.2 Å². The Hall–Kier alpha value is -11.4. The minimum absolute atomic E-state index is 0.00346. The van der Waals surface area contributed by atoms with Crippen LogP contribution in [0, 0.1) is 0 Å². The number of benzene rings is 9. The predicted octanol–water partition coefficient (Wildman–Crippen LogP) is 20.5. The second-order valence-corrected chi connectivity index (χ2v) is 23.0. The lowest BCUT2D eigenvalue weighted by Crippen LogP contribution is -2.23. The number of fused-ring (bicyclic) bond motifs is 12. The monoisotopic (exact) mass is 1160 g/mol. The number of aromatic nitrogens is 8. The van der Waals surface area contributed by atoms with Crippen molar-refractivity contribution in [2.75, 3.05) is 0 Å². The van der Waals surface area contributed by atoms with E-state index in [2.05, 4.69) is 71.5 Å². The van der Waals surface area contributed by atoms with Crippen LogP contribution in [0.15, 0.2) is 267 Å². The molecule has 0 radical (unpaired) electrons. The van der Waals surface area contributed by atoms with Gasteiger partial charge in [-0.2, -0.15) is 13.2 Å².